The molecule has 1 aliphatic carbocycles. The topological polar surface area (TPSA) is 49.4 Å². The van der Waals surface area contributed by atoms with Crippen LogP contribution in [0.4, 0.5) is 8.78 Å². The molecule has 2 aromatic rings. The predicted molar refractivity (Wildman–Crippen MR) is 108 cm³/mol. The molecule has 0 saturated heterocycles. The Hall–Kier alpha value is -2.47. The van der Waals surface area contributed by atoms with Crippen molar-refractivity contribution < 1.29 is 18.4 Å². The number of carbonyl (C=O) groups excluding carboxylic acids is 2. The molecule has 29 heavy (non-hydrogen) atoms. The Morgan fingerprint density at radius 3 is 2.48 bits per heavy atom. The molecule has 0 heterocycles. The minimum Gasteiger partial charge on any atom is -0.352 e. The van der Waals surface area contributed by atoms with Crippen LogP contribution < -0.4 is 5.32 Å². The standard InChI is InChI=1S/C22H23ClF2N2O2/c1-14(15-4-6-16(23)7-5-15)27(18-9-10-18)21(28)3-2-12-26-22(29)19-11-8-17(24)13-20(19)25/h4-8,11,13-14,18H,2-3,9-10,12H2,1H3,(H,26,29). The van der Waals surface area contributed by atoms with Gasteiger partial charge in [0.2, 0.25) is 5.91 Å². The average molecular weight is 421 g/mol. The number of hydrogen-bond donors (Lipinski definition) is 1. The number of nitrogens with one attached hydrogen (secondary N) is 1. The van der Waals surface area contributed by atoms with Crippen molar-refractivity contribution in [1.82, 2.24) is 10.2 Å². The minimum atomic E-state index is -0.907. The molecule has 3 rings (SSSR count). The lowest BCUT2D eigenvalue weighted by molar-refractivity contribution is -0.134. The molecule has 0 radical (unpaired) electrons. The zero-order chi connectivity index (χ0) is 21.0. The first kappa shape index (κ1) is 21.2. The Morgan fingerprint density at radius 1 is 1.17 bits per heavy atom. The summed E-state index contributed by atoms with van der Waals surface area (Å²) in [7, 11) is 0. The number of halogens is 3. The smallest absolute Gasteiger partial charge is 0.254 e. The first-order valence-electron chi connectivity index (χ1n) is 9.66. The molecule has 2 amide bonds. The van der Waals surface area contributed by atoms with Gasteiger partial charge in [-0.05, 0) is 56.0 Å². The average Bonchev–Trinajstić information content (AvgIpc) is 3.50. The highest BCUT2D eigenvalue weighted by atomic mass is 35.5. The van der Waals surface area contributed by atoms with Crippen LogP contribution in [0.15, 0.2) is 42.5 Å². The van der Waals surface area contributed by atoms with Gasteiger partial charge in [0, 0.05) is 30.1 Å². The summed E-state index contributed by atoms with van der Waals surface area (Å²) in [4.78, 5) is 26.7. The fourth-order valence-electron chi connectivity index (χ4n) is 3.33. The maximum atomic E-state index is 13.6. The summed E-state index contributed by atoms with van der Waals surface area (Å²) in [6.07, 6.45) is 2.69. The van der Waals surface area contributed by atoms with E-state index in [4.69, 9.17) is 11.6 Å². The van der Waals surface area contributed by atoms with Gasteiger partial charge < -0.3 is 10.2 Å². The normalized spacial score (nSPS) is 14.3. The van der Waals surface area contributed by atoms with E-state index in [-0.39, 0.29) is 36.5 Å². The summed E-state index contributed by atoms with van der Waals surface area (Å²) >= 11 is 5.95. The van der Waals surface area contributed by atoms with E-state index in [1.807, 2.05) is 36.1 Å². The van der Waals surface area contributed by atoms with Crippen LogP contribution in [0.3, 0.4) is 0 Å². The highest BCUT2D eigenvalue weighted by Crippen LogP contribution is 2.35. The first-order valence-corrected chi connectivity index (χ1v) is 10.0. The Balaban J connectivity index is 1.52. The van der Waals surface area contributed by atoms with Crippen LogP contribution in [-0.2, 0) is 4.79 Å². The Morgan fingerprint density at radius 2 is 1.86 bits per heavy atom. The van der Waals surface area contributed by atoms with Crippen molar-refractivity contribution in [3.8, 4) is 0 Å². The second-order valence-corrected chi connectivity index (χ2v) is 7.68. The van der Waals surface area contributed by atoms with E-state index in [1.54, 1.807) is 0 Å². The molecule has 1 saturated carbocycles. The summed E-state index contributed by atoms with van der Waals surface area (Å²) < 4.78 is 26.6. The van der Waals surface area contributed by atoms with Crippen LogP contribution in [0.2, 0.25) is 5.02 Å². The van der Waals surface area contributed by atoms with E-state index in [9.17, 15) is 18.4 Å². The Bertz CT molecular complexity index is 885. The van der Waals surface area contributed by atoms with Gasteiger partial charge in [-0.15, -0.1) is 0 Å². The number of amides is 2. The van der Waals surface area contributed by atoms with Crippen LogP contribution in [0, 0.1) is 11.6 Å². The number of nitrogens with zero attached hydrogens (tertiary/aromatic N) is 1. The van der Waals surface area contributed by atoms with Crippen molar-refractivity contribution in [1.29, 1.82) is 0 Å². The Labute approximate surface area is 173 Å². The van der Waals surface area contributed by atoms with Crippen molar-refractivity contribution >= 4 is 23.4 Å². The number of carbonyl (C=O) groups is 2. The third-order valence-electron chi connectivity index (χ3n) is 5.03. The lowest BCUT2D eigenvalue weighted by atomic mass is 10.1. The molecule has 1 aliphatic rings. The summed E-state index contributed by atoms with van der Waals surface area (Å²) in [5, 5.41) is 3.23. The van der Waals surface area contributed by atoms with Gasteiger partial charge in [0.1, 0.15) is 11.6 Å². The van der Waals surface area contributed by atoms with Crippen LogP contribution in [0.25, 0.3) is 0 Å². The van der Waals surface area contributed by atoms with E-state index < -0.39 is 17.5 Å². The molecule has 7 heteroatoms. The largest absolute Gasteiger partial charge is 0.352 e. The molecular formula is C22H23ClF2N2O2. The molecule has 1 unspecified atom stereocenters. The lowest BCUT2D eigenvalue weighted by Crippen LogP contribution is -2.36. The van der Waals surface area contributed by atoms with Crippen LogP contribution in [0.5, 0.6) is 0 Å². The molecule has 2 aromatic carbocycles. The maximum Gasteiger partial charge on any atom is 0.254 e. The molecule has 1 atom stereocenters. The van der Waals surface area contributed by atoms with Gasteiger partial charge in [-0.1, -0.05) is 23.7 Å². The van der Waals surface area contributed by atoms with E-state index in [0.717, 1.165) is 30.5 Å². The maximum absolute atomic E-state index is 13.6. The van der Waals surface area contributed by atoms with Crippen LogP contribution >= 0.6 is 11.6 Å². The Kier molecular flexibility index (Phi) is 6.85. The van der Waals surface area contributed by atoms with Crippen molar-refractivity contribution in [2.45, 2.75) is 44.7 Å². The van der Waals surface area contributed by atoms with E-state index in [1.165, 1.54) is 0 Å². The lowest BCUT2D eigenvalue weighted by Gasteiger charge is -2.30. The molecule has 1 N–H and O–H groups in total. The van der Waals surface area contributed by atoms with Gasteiger partial charge in [0.25, 0.3) is 5.91 Å². The second-order valence-electron chi connectivity index (χ2n) is 7.24. The quantitative estimate of drug-likeness (QED) is 0.619. The molecular weight excluding hydrogens is 398 g/mol. The van der Waals surface area contributed by atoms with Crippen molar-refractivity contribution in [3.63, 3.8) is 0 Å². The summed E-state index contributed by atoms with van der Waals surface area (Å²) in [6, 6.07) is 10.5. The zero-order valence-corrected chi connectivity index (χ0v) is 16.9. The van der Waals surface area contributed by atoms with Crippen LogP contribution in [-0.4, -0.2) is 29.3 Å². The first-order chi connectivity index (χ1) is 13.9. The molecule has 0 bridgehead atoms. The van der Waals surface area contributed by atoms with Crippen molar-refractivity contribution in [2.24, 2.45) is 0 Å². The molecule has 0 aromatic heterocycles. The number of rotatable bonds is 8. The number of hydrogen-bond acceptors (Lipinski definition) is 2. The van der Waals surface area contributed by atoms with E-state index in [0.29, 0.717) is 17.5 Å². The fourth-order valence-corrected chi connectivity index (χ4v) is 3.46. The van der Waals surface area contributed by atoms with Crippen molar-refractivity contribution in [2.75, 3.05) is 6.54 Å². The van der Waals surface area contributed by atoms with E-state index in [2.05, 4.69) is 5.32 Å². The van der Waals surface area contributed by atoms with Gasteiger partial charge in [-0.2, -0.15) is 0 Å². The monoisotopic (exact) mass is 420 g/mol. The SMILES string of the molecule is CC(c1ccc(Cl)cc1)N(C(=O)CCCNC(=O)c1ccc(F)cc1F)C1CC1. The molecule has 1 fully saturated rings. The van der Waals surface area contributed by atoms with Gasteiger partial charge >= 0.3 is 0 Å². The highest BCUT2D eigenvalue weighted by Gasteiger charge is 2.35. The minimum absolute atomic E-state index is 0.0251. The molecule has 0 aliphatic heterocycles. The van der Waals surface area contributed by atoms with Gasteiger partial charge in [0.15, 0.2) is 0 Å². The van der Waals surface area contributed by atoms with Gasteiger partial charge in [-0.3, -0.25) is 9.59 Å². The summed E-state index contributed by atoms with van der Waals surface area (Å²) in [5.74, 6) is -2.24. The number of benzene rings is 2. The predicted octanol–water partition coefficient (Wildman–Crippen LogP) is 4.88. The summed E-state index contributed by atoms with van der Waals surface area (Å²) in [6.45, 7) is 2.23. The fraction of sp³-hybridized carbons (Fsp3) is 0.364. The summed E-state index contributed by atoms with van der Waals surface area (Å²) in [5.41, 5.74) is 0.809. The highest BCUT2D eigenvalue weighted by molar-refractivity contribution is 6.30. The third kappa shape index (κ3) is 5.54. The molecule has 4 nitrogen and oxygen atoms in total. The van der Waals surface area contributed by atoms with E-state index >= 15 is 0 Å². The molecule has 0 spiro atoms. The van der Waals surface area contributed by atoms with Crippen LogP contribution in [0.1, 0.15) is 54.6 Å². The van der Waals surface area contributed by atoms with Gasteiger partial charge in [0.05, 0.1) is 11.6 Å². The zero-order valence-electron chi connectivity index (χ0n) is 16.1. The van der Waals surface area contributed by atoms with Gasteiger partial charge in [-0.25, -0.2) is 8.78 Å². The molecule has 154 valence electrons. The second kappa shape index (κ2) is 9.35. The van der Waals surface area contributed by atoms with Crippen molar-refractivity contribution in [3.05, 3.63) is 70.2 Å². The third-order valence-corrected chi connectivity index (χ3v) is 5.28.